The predicted molar refractivity (Wildman–Crippen MR) is 80.4 cm³/mol. The van der Waals surface area contributed by atoms with Crippen molar-refractivity contribution in [2.24, 2.45) is 0 Å². The molecule has 96 valence electrons. The van der Waals surface area contributed by atoms with Crippen molar-refractivity contribution in [3.63, 3.8) is 0 Å². The zero-order valence-electron chi connectivity index (χ0n) is 11.1. The van der Waals surface area contributed by atoms with Gasteiger partial charge < -0.3 is 5.32 Å². The Morgan fingerprint density at radius 2 is 1.84 bits per heavy atom. The first-order valence-electron chi connectivity index (χ1n) is 6.76. The number of unbranched alkanes of at least 4 members (excludes halogenated alkanes) is 1. The van der Waals surface area contributed by atoms with Gasteiger partial charge in [0.1, 0.15) is 0 Å². The van der Waals surface area contributed by atoms with E-state index in [-0.39, 0.29) is 0 Å². The molecule has 2 aromatic carbocycles. The quantitative estimate of drug-likeness (QED) is 0.562. The number of aromatic nitrogens is 2. The van der Waals surface area contributed by atoms with Gasteiger partial charge in [-0.1, -0.05) is 37.6 Å². The minimum absolute atomic E-state index is 0.886. The normalized spacial score (nSPS) is 11.0. The first kappa shape index (κ1) is 11.9. The van der Waals surface area contributed by atoms with Gasteiger partial charge in [0.05, 0.1) is 6.20 Å². The third-order valence-corrected chi connectivity index (χ3v) is 3.35. The number of nitrogens with zero attached hydrogens (tertiary/aromatic N) is 2. The van der Waals surface area contributed by atoms with Crippen LogP contribution in [0.5, 0.6) is 0 Å². The number of hydrogen-bond donors (Lipinski definition) is 1. The van der Waals surface area contributed by atoms with Crippen molar-refractivity contribution in [1.29, 1.82) is 0 Å². The van der Waals surface area contributed by atoms with Gasteiger partial charge in [-0.05, 0) is 29.3 Å². The van der Waals surface area contributed by atoms with Crippen LogP contribution in [-0.4, -0.2) is 16.7 Å². The van der Waals surface area contributed by atoms with Crippen LogP contribution in [0.15, 0.2) is 42.6 Å². The van der Waals surface area contributed by atoms with Crippen molar-refractivity contribution in [3.8, 4) is 0 Å². The highest BCUT2D eigenvalue weighted by atomic mass is 15.2. The van der Waals surface area contributed by atoms with Gasteiger partial charge in [0.2, 0.25) is 0 Å². The second-order valence-corrected chi connectivity index (χ2v) is 4.76. The van der Waals surface area contributed by atoms with E-state index in [1.165, 1.54) is 17.2 Å². The molecule has 1 aromatic heterocycles. The SMILES string of the molecule is CCCCNc1nncc2cc3ccccc3cc12. The van der Waals surface area contributed by atoms with Gasteiger partial charge in [-0.15, -0.1) is 5.10 Å². The molecule has 0 unspecified atom stereocenters. The molecule has 0 atom stereocenters. The lowest BCUT2D eigenvalue weighted by Crippen LogP contribution is -2.04. The summed E-state index contributed by atoms with van der Waals surface area (Å²) < 4.78 is 0. The minimum atomic E-state index is 0.886. The fourth-order valence-electron chi connectivity index (χ4n) is 2.29. The number of hydrogen-bond acceptors (Lipinski definition) is 3. The van der Waals surface area contributed by atoms with Crippen LogP contribution < -0.4 is 5.32 Å². The Hall–Kier alpha value is -2.16. The van der Waals surface area contributed by atoms with Crippen molar-refractivity contribution in [3.05, 3.63) is 42.6 Å². The Balaban J connectivity index is 2.09. The summed E-state index contributed by atoms with van der Waals surface area (Å²) in [5.41, 5.74) is 0. The van der Waals surface area contributed by atoms with Gasteiger partial charge in [0.25, 0.3) is 0 Å². The third-order valence-electron chi connectivity index (χ3n) is 3.35. The first-order valence-corrected chi connectivity index (χ1v) is 6.76. The van der Waals surface area contributed by atoms with E-state index in [9.17, 15) is 0 Å². The van der Waals surface area contributed by atoms with Crippen LogP contribution in [0.3, 0.4) is 0 Å². The number of fused-ring (bicyclic) bond motifs is 2. The summed E-state index contributed by atoms with van der Waals surface area (Å²) in [5.74, 6) is 0.886. The van der Waals surface area contributed by atoms with E-state index in [1.807, 2.05) is 6.20 Å². The summed E-state index contributed by atoms with van der Waals surface area (Å²) in [5, 5.41) is 16.4. The van der Waals surface area contributed by atoms with Crippen molar-refractivity contribution in [2.75, 3.05) is 11.9 Å². The van der Waals surface area contributed by atoms with Gasteiger partial charge in [-0.2, -0.15) is 5.10 Å². The molecule has 3 nitrogen and oxygen atoms in total. The second kappa shape index (κ2) is 5.22. The van der Waals surface area contributed by atoms with E-state index < -0.39 is 0 Å². The lowest BCUT2D eigenvalue weighted by atomic mass is 10.1. The maximum absolute atomic E-state index is 4.22. The molecule has 0 bridgehead atoms. The Labute approximate surface area is 112 Å². The van der Waals surface area contributed by atoms with E-state index in [4.69, 9.17) is 0 Å². The Bertz CT molecular complexity index is 707. The topological polar surface area (TPSA) is 37.8 Å². The third kappa shape index (κ3) is 2.36. The minimum Gasteiger partial charge on any atom is -0.368 e. The monoisotopic (exact) mass is 251 g/mol. The van der Waals surface area contributed by atoms with Gasteiger partial charge >= 0.3 is 0 Å². The molecule has 0 spiro atoms. The maximum atomic E-state index is 4.22. The van der Waals surface area contributed by atoms with Crippen LogP contribution in [0.25, 0.3) is 21.5 Å². The van der Waals surface area contributed by atoms with Crippen LogP contribution in [0.1, 0.15) is 19.8 Å². The molecule has 0 saturated heterocycles. The van der Waals surface area contributed by atoms with Crippen molar-refractivity contribution >= 4 is 27.4 Å². The molecule has 0 aliphatic heterocycles. The Morgan fingerprint density at radius 3 is 2.63 bits per heavy atom. The molecule has 3 heteroatoms. The summed E-state index contributed by atoms with van der Waals surface area (Å²) in [7, 11) is 0. The van der Waals surface area contributed by atoms with E-state index in [1.54, 1.807) is 0 Å². The van der Waals surface area contributed by atoms with E-state index in [0.717, 1.165) is 29.6 Å². The van der Waals surface area contributed by atoms with E-state index in [2.05, 4.69) is 58.8 Å². The summed E-state index contributed by atoms with van der Waals surface area (Å²) in [4.78, 5) is 0. The first-order chi connectivity index (χ1) is 9.38. The second-order valence-electron chi connectivity index (χ2n) is 4.76. The van der Waals surface area contributed by atoms with Crippen LogP contribution in [0.2, 0.25) is 0 Å². The Kier molecular flexibility index (Phi) is 3.27. The van der Waals surface area contributed by atoms with Crippen LogP contribution in [0, 0.1) is 0 Å². The molecule has 0 saturated carbocycles. The lowest BCUT2D eigenvalue weighted by Gasteiger charge is -2.08. The van der Waals surface area contributed by atoms with Gasteiger partial charge in [0.15, 0.2) is 5.82 Å². The molecule has 3 aromatic rings. The summed E-state index contributed by atoms with van der Waals surface area (Å²) in [6, 6.07) is 12.7. The van der Waals surface area contributed by atoms with E-state index >= 15 is 0 Å². The zero-order chi connectivity index (χ0) is 13.1. The molecule has 0 fully saturated rings. The molecular weight excluding hydrogens is 234 g/mol. The van der Waals surface area contributed by atoms with Gasteiger partial charge in [-0.25, -0.2) is 0 Å². The fraction of sp³-hybridized carbons (Fsp3) is 0.250. The molecule has 0 radical (unpaired) electrons. The number of anilines is 1. The van der Waals surface area contributed by atoms with Crippen molar-refractivity contribution in [2.45, 2.75) is 19.8 Å². The fourth-order valence-corrected chi connectivity index (χ4v) is 2.29. The standard InChI is InChI=1S/C16H17N3/c1-2-3-8-17-16-15-10-13-7-5-4-6-12(13)9-14(15)11-18-19-16/h4-7,9-11H,2-3,8H2,1H3,(H,17,19). The maximum Gasteiger partial charge on any atom is 0.156 e. The number of nitrogens with one attached hydrogen (secondary N) is 1. The summed E-state index contributed by atoms with van der Waals surface area (Å²) >= 11 is 0. The molecule has 0 amide bonds. The van der Waals surface area contributed by atoms with Gasteiger partial charge in [-0.3, -0.25) is 0 Å². The number of rotatable bonds is 4. The lowest BCUT2D eigenvalue weighted by molar-refractivity contribution is 0.828. The van der Waals surface area contributed by atoms with Gasteiger partial charge in [0, 0.05) is 17.3 Å². The van der Waals surface area contributed by atoms with Crippen LogP contribution in [-0.2, 0) is 0 Å². The van der Waals surface area contributed by atoms with E-state index in [0.29, 0.717) is 0 Å². The molecule has 1 heterocycles. The molecule has 3 rings (SSSR count). The molecule has 1 N–H and O–H groups in total. The predicted octanol–water partition coefficient (Wildman–Crippen LogP) is 4.00. The average molecular weight is 251 g/mol. The molecular formula is C16H17N3. The smallest absolute Gasteiger partial charge is 0.156 e. The number of benzene rings is 2. The van der Waals surface area contributed by atoms with Crippen molar-refractivity contribution < 1.29 is 0 Å². The highest BCUT2D eigenvalue weighted by molar-refractivity contribution is 6.02. The summed E-state index contributed by atoms with van der Waals surface area (Å²) in [6.07, 6.45) is 4.15. The molecule has 0 aliphatic rings. The largest absolute Gasteiger partial charge is 0.368 e. The average Bonchev–Trinajstić information content (AvgIpc) is 2.46. The highest BCUT2D eigenvalue weighted by Crippen LogP contribution is 2.26. The zero-order valence-corrected chi connectivity index (χ0v) is 11.1. The summed E-state index contributed by atoms with van der Waals surface area (Å²) in [6.45, 7) is 3.13. The molecule has 19 heavy (non-hydrogen) atoms. The van der Waals surface area contributed by atoms with Crippen molar-refractivity contribution in [1.82, 2.24) is 10.2 Å². The Morgan fingerprint density at radius 1 is 1.05 bits per heavy atom. The van der Waals surface area contributed by atoms with Crippen LogP contribution in [0.4, 0.5) is 5.82 Å². The van der Waals surface area contributed by atoms with Crippen LogP contribution >= 0.6 is 0 Å². The highest BCUT2D eigenvalue weighted by Gasteiger charge is 2.04. The molecule has 0 aliphatic carbocycles.